The summed E-state index contributed by atoms with van der Waals surface area (Å²) < 4.78 is 10.7. The van der Waals surface area contributed by atoms with Crippen molar-refractivity contribution in [2.24, 2.45) is 5.92 Å². The molecule has 0 aliphatic carbocycles. The number of carbonyl (C=O) groups is 2. The first-order valence-corrected chi connectivity index (χ1v) is 9.31. The molecule has 2 aromatic carbocycles. The highest BCUT2D eigenvalue weighted by Gasteiger charge is 2.28. The van der Waals surface area contributed by atoms with Gasteiger partial charge in [-0.1, -0.05) is 41.4 Å². The van der Waals surface area contributed by atoms with Gasteiger partial charge in [0.15, 0.2) is 6.61 Å². The molecule has 1 amide bonds. The molecular formula is C20H19Cl2NO4. The molecule has 27 heavy (non-hydrogen) atoms. The Morgan fingerprint density at radius 1 is 1.26 bits per heavy atom. The van der Waals surface area contributed by atoms with Crippen LogP contribution in [0.1, 0.15) is 24.1 Å². The molecule has 3 rings (SSSR count). The predicted molar refractivity (Wildman–Crippen MR) is 103 cm³/mol. The highest BCUT2D eigenvalue weighted by atomic mass is 35.5. The zero-order valence-corrected chi connectivity index (χ0v) is 16.2. The number of rotatable bonds is 5. The molecule has 5 nitrogen and oxygen atoms in total. The summed E-state index contributed by atoms with van der Waals surface area (Å²) in [7, 11) is 0. The summed E-state index contributed by atoms with van der Waals surface area (Å²) in [5, 5.41) is 3.92. The Morgan fingerprint density at radius 2 is 2.04 bits per heavy atom. The van der Waals surface area contributed by atoms with Gasteiger partial charge in [0.2, 0.25) is 0 Å². The van der Waals surface area contributed by atoms with Gasteiger partial charge in [-0.2, -0.15) is 0 Å². The summed E-state index contributed by atoms with van der Waals surface area (Å²) in [6.07, 6.45) is 0.465. The fourth-order valence-corrected chi connectivity index (χ4v) is 3.45. The number of hydrogen-bond donors (Lipinski definition) is 1. The van der Waals surface area contributed by atoms with E-state index in [1.807, 2.05) is 25.1 Å². The Morgan fingerprint density at radius 3 is 2.81 bits per heavy atom. The average molecular weight is 408 g/mol. The lowest BCUT2D eigenvalue weighted by Gasteiger charge is -2.24. The Hall–Kier alpha value is -2.24. The van der Waals surface area contributed by atoms with Crippen LogP contribution >= 0.6 is 23.2 Å². The second-order valence-electron chi connectivity index (χ2n) is 6.38. The largest absolute Gasteiger partial charge is 0.492 e. The molecular weight excluding hydrogens is 389 g/mol. The van der Waals surface area contributed by atoms with E-state index in [2.05, 4.69) is 5.32 Å². The Labute approximate surface area is 167 Å². The minimum Gasteiger partial charge on any atom is -0.492 e. The van der Waals surface area contributed by atoms with Crippen molar-refractivity contribution in [1.29, 1.82) is 0 Å². The molecule has 1 aliphatic heterocycles. The second kappa shape index (κ2) is 8.63. The lowest BCUT2D eigenvalue weighted by atomic mass is 9.97. The Balaban J connectivity index is 1.50. The zero-order chi connectivity index (χ0) is 19.4. The van der Waals surface area contributed by atoms with Gasteiger partial charge in [-0.05, 0) is 48.7 Å². The van der Waals surface area contributed by atoms with Crippen molar-refractivity contribution in [2.45, 2.75) is 19.4 Å². The fourth-order valence-electron chi connectivity index (χ4n) is 2.96. The first kappa shape index (κ1) is 19.5. The van der Waals surface area contributed by atoms with Gasteiger partial charge in [0.1, 0.15) is 12.4 Å². The van der Waals surface area contributed by atoms with Crippen LogP contribution in [0.2, 0.25) is 10.0 Å². The van der Waals surface area contributed by atoms with Gasteiger partial charge < -0.3 is 14.8 Å². The maximum absolute atomic E-state index is 12.3. The fraction of sp³-hybridized carbons (Fsp3) is 0.300. The molecule has 2 atom stereocenters. The molecule has 0 fully saturated rings. The molecule has 7 heteroatoms. The third kappa shape index (κ3) is 4.93. The molecule has 1 aliphatic rings. The van der Waals surface area contributed by atoms with Crippen molar-refractivity contribution in [3.8, 4) is 5.75 Å². The van der Waals surface area contributed by atoms with Gasteiger partial charge in [-0.3, -0.25) is 9.59 Å². The number of carbonyl (C=O) groups excluding carboxylic acids is 2. The highest BCUT2D eigenvalue weighted by Crippen LogP contribution is 2.30. The molecule has 142 valence electrons. The van der Waals surface area contributed by atoms with Crippen LogP contribution < -0.4 is 10.1 Å². The first-order chi connectivity index (χ1) is 12.9. The summed E-state index contributed by atoms with van der Waals surface area (Å²) in [5.74, 6) is -0.614. The van der Waals surface area contributed by atoms with E-state index in [9.17, 15) is 9.59 Å². The van der Waals surface area contributed by atoms with Gasteiger partial charge in [0, 0.05) is 10.0 Å². The molecule has 1 heterocycles. The summed E-state index contributed by atoms with van der Waals surface area (Å²) in [4.78, 5) is 24.4. The summed E-state index contributed by atoms with van der Waals surface area (Å²) in [6, 6.07) is 12.3. The average Bonchev–Trinajstić information content (AvgIpc) is 2.65. The molecule has 0 aromatic heterocycles. The second-order valence-corrected chi connectivity index (χ2v) is 7.23. The van der Waals surface area contributed by atoms with Crippen molar-refractivity contribution in [3.05, 3.63) is 63.6 Å². The van der Waals surface area contributed by atoms with E-state index >= 15 is 0 Å². The lowest BCUT2D eigenvalue weighted by molar-refractivity contribution is -0.154. The molecule has 1 N–H and O–H groups in total. The van der Waals surface area contributed by atoms with E-state index in [0.717, 1.165) is 16.9 Å². The van der Waals surface area contributed by atoms with Gasteiger partial charge in [0.25, 0.3) is 5.91 Å². The number of ether oxygens (including phenoxy) is 2. The van der Waals surface area contributed by atoms with E-state index in [0.29, 0.717) is 16.5 Å². The number of esters is 1. The molecule has 0 unspecified atom stereocenters. The lowest BCUT2D eigenvalue weighted by Crippen LogP contribution is -2.35. The van der Waals surface area contributed by atoms with Crippen LogP contribution in [0.4, 0.5) is 0 Å². The van der Waals surface area contributed by atoms with Crippen molar-refractivity contribution >= 4 is 35.1 Å². The number of amides is 1. The zero-order valence-electron chi connectivity index (χ0n) is 14.7. The van der Waals surface area contributed by atoms with Crippen molar-refractivity contribution in [2.75, 3.05) is 13.2 Å². The SMILES string of the molecule is C[C@H](NC(=O)COC(=O)[C@@H]1COc2ccc(Cl)cc2C1)c1ccccc1Cl. The van der Waals surface area contributed by atoms with Crippen LogP contribution in [0.25, 0.3) is 0 Å². The van der Waals surface area contributed by atoms with Crippen molar-refractivity contribution in [3.63, 3.8) is 0 Å². The third-order valence-electron chi connectivity index (χ3n) is 4.36. The van der Waals surface area contributed by atoms with Crippen molar-refractivity contribution in [1.82, 2.24) is 5.32 Å². The number of hydrogen-bond acceptors (Lipinski definition) is 4. The Bertz CT molecular complexity index is 856. The van der Waals surface area contributed by atoms with Crippen LogP contribution in [-0.4, -0.2) is 25.1 Å². The van der Waals surface area contributed by atoms with E-state index < -0.39 is 17.8 Å². The maximum atomic E-state index is 12.3. The van der Waals surface area contributed by atoms with Crippen LogP contribution in [-0.2, 0) is 20.7 Å². The summed E-state index contributed by atoms with van der Waals surface area (Å²) >= 11 is 12.1. The minimum atomic E-state index is -0.471. The van der Waals surface area contributed by atoms with Gasteiger partial charge in [0.05, 0.1) is 12.0 Å². The van der Waals surface area contributed by atoms with Gasteiger partial charge in [-0.15, -0.1) is 0 Å². The normalized spacial score (nSPS) is 16.6. The molecule has 0 saturated carbocycles. The maximum Gasteiger partial charge on any atom is 0.313 e. The third-order valence-corrected chi connectivity index (χ3v) is 4.94. The van der Waals surface area contributed by atoms with Gasteiger partial charge >= 0.3 is 5.97 Å². The first-order valence-electron chi connectivity index (χ1n) is 8.55. The Kier molecular flexibility index (Phi) is 6.24. The van der Waals surface area contributed by atoms with E-state index in [1.54, 1.807) is 24.3 Å². The molecule has 2 aromatic rings. The molecule has 0 bridgehead atoms. The highest BCUT2D eigenvalue weighted by molar-refractivity contribution is 6.31. The van der Waals surface area contributed by atoms with Crippen LogP contribution in [0.5, 0.6) is 5.75 Å². The monoisotopic (exact) mass is 407 g/mol. The molecule has 0 radical (unpaired) electrons. The number of fused-ring (bicyclic) bond motifs is 1. The number of nitrogens with one attached hydrogen (secondary N) is 1. The molecule has 0 saturated heterocycles. The van der Waals surface area contributed by atoms with E-state index in [1.165, 1.54) is 0 Å². The summed E-state index contributed by atoms with van der Waals surface area (Å²) in [6.45, 7) is 1.67. The standard InChI is InChI=1S/C20H19Cl2NO4/c1-12(16-4-2-3-5-17(16)22)23-19(24)11-27-20(25)14-8-13-9-15(21)6-7-18(13)26-10-14/h2-7,9,12,14H,8,10-11H2,1H3,(H,23,24)/t12-,14-/m0/s1. The van der Waals surface area contributed by atoms with E-state index in [4.69, 9.17) is 32.7 Å². The van der Waals surface area contributed by atoms with E-state index in [-0.39, 0.29) is 19.3 Å². The van der Waals surface area contributed by atoms with Crippen LogP contribution in [0, 0.1) is 5.92 Å². The van der Waals surface area contributed by atoms with Gasteiger partial charge in [-0.25, -0.2) is 0 Å². The van der Waals surface area contributed by atoms with Crippen molar-refractivity contribution < 1.29 is 19.1 Å². The predicted octanol–water partition coefficient (Wildman–Crippen LogP) is 3.97. The van der Waals surface area contributed by atoms with Crippen LogP contribution in [0.3, 0.4) is 0 Å². The minimum absolute atomic E-state index is 0.213. The quantitative estimate of drug-likeness (QED) is 0.761. The van der Waals surface area contributed by atoms with Crippen LogP contribution in [0.15, 0.2) is 42.5 Å². The summed E-state index contributed by atoms with van der Waals surface area (Å²) in [5.41, 5.74) is 1.65. The number of halogens is 2. The molecule has 0 spiro atoms. The number of benzene rings is 2. The topological polar surface area (TPSA) is 64.6 Å². The smallest absolute Gasteiger partial charge is 0.313 e.